The number of hydrogen-bond donors (Lipinski definition) is 3. The number of nitrogens with zero attached hydrogens (tertiary/aromatic N) is 3. The Morgan fingerprint density at radius 1 is 0.814 bits per heavy atom. The van der Waals surface area contributed by atoms with Crippen LogP contribution in [0.2, 0.25) is 43.8 Å². The van der Waals surface area contributed by atoms with Gasteiger partial charge in [-0.15, -0.1) is 0 Å². The third-order valence-electron chi connectivity index (χ3n) is 10.8. The van der Waals surface area contributed by atoms with Crippen molar-refractivity contribution in [3.05, 3.63) is 81.7 Å². The second-order valence-corrected chi connectivity index (χ2v) is 25.8. The molecule has 2 aliphatic rings. The van der Waals surface area contributed by atoms with Gasteiger partial charge in [-0.2, -0.15) is 0 Å². The molecule has 2 aromatic carbocycles. The van der Waals surface area contributed by atoms with Crippen molar-refractivity contribution in [2.45, 2.75) is 110 Å². The zero-order valence-electron chi connectivity index (χ0n) is 37.1. The van der Waals surface area contributed by atoms with Gasteiger partial charge >= 0.3 is 11.9 Å². The summed E-state index contributed by atoms with van der Waals surface area (Å²) in [6, 6.07) is 16.2. The Hall–Kier alpha value is -3.97. The minimum atomic E-state index is -1.22. The first-order chi connectivity index (χ1) is 27.8. The molecule has 0 saturated carbocycles. The van der Waals surface area contributed by atoms with Crippen molar-refractivity contribution in [1.82, 2.24) is 19.5 Å². The third kappa shape index (κ3) is 11.7. The van der Waals surface area contributed by atoms with Crippen LogP contribution in [0.3, 0.4) is 0 Å². The number of benzene rings is 2. The molecule has 2 saturated heterocycles. The average molecular weight is 850 g/mol. The average Bonchev–Trinajstić information content (AvgIpc) is 3.74. The highest BCUT2D eigenvalue weighted by molar-refractivity contribution is 6.76. The Labute approximate surface area is 352 Å². The molecule has 59 heavy (non-hydrogen) atoms. The molecule has 0 bridgehead atoms. The molecule has 4 heterocycles. The summed E-state index contributed by atoms with van der Waals surface area (Å²) in [6.45, 7) is 23.4. The summed E-state index contributed by atoms with van der Waals surface area (Å²) >= 11 is 0. The molecular weight excluding hydrogens is 785 g/mol. The van der Waals surface area contributed by atoms with E-state index in [-0.39, 0.29) is 47.9 Å². The number of aryl methyl sites for hydroxylation is 4. The summed E-state index contributed by atoms with van der Waals surface area (Å²) in [4.78, 5) is 36.1. The van der Waals surface area contributed by atoms with Crippen LogP contribution in [0.5, 0.6) is 0 Å². The van der Waals surface area contributed by atoms with Gasteiger partial charge in [0.05, 0.1) is 68.9 Å². The third-order valence-corrected chi connectivity index (χ3v) is 15.5. The molecule has 0 aliphatic carbocycles. The number of ether oxygens (including phenoxy) is 5. The van der Waals surface area contributed by atoms with Crippen LogP contribution in [-0.2, 0) is 41.6 Å². The molecule has 15 heteroatoms. The summed E-state index contributed by atoms with van der Waals surface area (Å²) < 4.78 is 27.9. The maximum atomic E-state index is 12.1. The van der Waals surface area contributed by atoms with E-state index in [0.29, 0.717) is 29.4 Å². The van der Waals surface area contributed by atoms with E-state index in [1.54, 1.807) is 18.2 Å². The number of imidazole rings is 2. The molecule has 0 amide bonds. The van der Waals surface area contributed by atoms with Gasteiger partial charge in [-0.05, 0) is 69.1 Å². The van der Waals surface area contributed by atoms with Gasteiger partial charge in [0.2, 0.25) is 0 Å². The van der Waals surface area contributed by atoms with Crippen LogP contribution in [0, 0.1) is 27.7 Å². The molecule has 2 aliphatic heterocycles. The quantitative estimate of drug-likeness (QED) is 0.0646. The van der Waals surface area contributed by atoms with Gasteiger partial charge in [0.1, 0.15) is 18.4 Å². The topological polar surface area (TPSA) is 167 Å². The Kier molecular flexibility index (Phi) is 16.6. The van der Waals surface area contributed by atoms with Gasteiger partial charge in [0.25, 0.3) is 0 Å². The Morgan fingerprint density at radius 2 is 1.32 bits per heavy atom. The highest BCUT2D eigenvalue weighted by atomic mass is 28.3. The van der Waals surface area contributed by atoms with E-state index in [1.165, 1.54) is 32.4 Å². The highest BCUT2D eigenvalue weighted by Gasteiger charge is 2.44. The van der Waals surface area contributed by atoms with E-state index in [9.17, 15) is 19.8 Å². The van der Waals surface area contributed by atoms with Gasteiger partial charge in [0, 0.05) is 40.3 Å². The first kappa shape index (κ1) is 47.7. The molecule has 1 radical (unpaired) electrons. The van der Waals surface area contributed by atoms with Gasteiger partial charge < -0.3 is 43.4 Å². The molecule has 0 unspecified atom stereocenters. The van der Waals surface area contributed by atoms with E-state index in [0.717, 1.165) is 51.1 Å². The summed E-state index contributed by atoms with van der Waals surface area (Å²) in [7, 11) is 1.64. The second-order valence-electron chi connectivity index (χ2n) is 16.6. The molecular formula is C44H65N4O9Si2. The number of aliphatic hydroxyl groups is 2. The monoisotopic (exact) mass is 849 g/mol. The van der Waals surface area contributed by atoms with Gasteiger partial charge in [-0.3, -0.25) is 0 Å². The molecule has 0 spiro atoms. The number of methoxy groups -OCH3 is 2. The zero-order chi connectivity index (χ0) is 43.7. The number of carbonyl (C=O) groups is 2. The maximum Gasteiger partial charge on any atom is 0.337 e. The van der Waals surface area contributed by atoms with Crippen LogP contribution in [0.1, 0.15) is 75.7 Å². The van der Waals surface area contributed by atoms with E-state index in [4.69, 9.17) is 23.7 Å². The van der Waals surface area contributed by atoms with Crippen molar-refractivity contribution in [2.24, 2.45) is 0 Å². The van der Waals surface area contributed by atoms with Crippen molar-refractivity contribution in [1.29, 1.82) is 0 Å². The van der Waals surface area contributed by atoms with E-state index < -0.39 is 25.2 Å². The lowest BCUT2D eigenvalue weighted by Crippen LogP contribution is -2.48. The second kappa shape index (κ2) is 20.5. The summed E-state index contributed by atoms with van der Waals surface area (Å²) in [5.41, 5.74) is 5.62. The van der Waals surface area contributed by atoms with Crippen LogP contribution in [-0.4, -0.2) is 106 Å². The van der Waals surface area contributed by atoms with Crippen LogP contribution in [0.25, 0.3) is 22.5 Å². The number of carbonyl (C=O) groups excluding carboxylic acids is 2. The van der Waals surface area contributed by atoms with Crippen LogP contribution in [0.15, 0.2) is 36.4 Å². The van der Waals surface area contributed by atoms with Crippen molar-refractivity contribution in [3.8, 4) is 22.5 Å². The van der Waals surface area contributed by atoms with Crippen LogP contribution >= 0.6 is 0 Å². The Morgan fingerprint density at radius 3 is 1.76 bits per heavy atom. The smallest absolute Gasteiger partial charge is 0.337 e. The Balaban J connectivity index is 0.000000232. The fraction of sp³-hybridized carbons (Fsp3) is 0.545. The number of rotatable bonds is 14. The molecule has 13 nitrogen and oxygen atoms in total. The predicted octanol–water partition coefficient (Wildman–Crippen LogP) is 7.72. The van der Waals surface area contributed by atoms with Crippen molar-refractivity contribution in [3.63, 3.8) is 0 Å². The number of aromatic amines is 1. The number of H-pyrrole nitrogens is 1. The number of aromatic nitrogens is 4. The predicted molar refractivity (Wildman–Crippen MR) is 234 cm³/mol. The first-order valence-electron chi connectivity index (χ1n) is 20.4. The van der Waals surface area contributed by atoms with Crippen molar-refractivity contribution in [2.75, 3.05) is 47.3 Å². The fourth-order valence-corrected chi connectivity index (χ4v) is 8.98. The van der Waals surface area contributed by atoms with E-state index in [2.05, 4.69) is 55.4 Å². The number of hydrogen-bond acceptors (Lipinski definition) is 11. The minimum Gasteiger partial charge on any atom is -0.465 e. The largest absolute Gasteiger partial charge is 0.465 e. The zero-order valence-corrected chi connectivity index (χ0v) is 39.1. The van der Waals surface area contributed by atoms with Crippen molar-refractivity contribution < 1.29 is 43.5 Å². The summed E-state index contributed by atoms with van der Waals surface area (Å²) in [5.74, 6) is 0.254. The lowest BCUT2D eigenvalue weighted by molar-refractivity contribution is -0.191. The van der Waals surface area contributed by atoms with Crippen LogP contribution < -0.4 is 0 Å². The SMILES string of the molecule is CC[Si](CC)CC.COC(=O)c1ccc(C)c(-c2c(C)nc(C3(O)COC3)n2COCC[Si](C)(C)C)c1.COC(=O)c1ccc(C)c(-c2nc(C3(O)COC3)[nH]c2C)c1. The van der Waals surface area contributed by atoms with E-state index in [1.807, 2.05) is 50.5 Å². The highest BCUT2D eigenvalue weighted by Crippen LogP contribution is 2.36. The van der Waals surface area contributed by atoms with Crippen LogP contribution in [0.4, 0.5) is 0 Å². The molecule has 2 fully saturated rings. The summed E-state index contributed by atoms with van der Waals surface area (Å²) in [5, 5.41) is 21.3. The molecule has 3 N–H and O–H groups in total. The number of nitrogens with one attached hydrogen (secondary N) is 1. The lowest BCUT2D eigenvalue weighted by atomic mass is 10.00. The Bertz CT molecular complexity index is 2040. The molecule has 323 valence electrons. The van der Waals surface area contributed by atoms with Crippen molar-refractivity contribution >= 4 is 28.8 Å². The van der Waals surface area contributed by atoms with Gasteiger partial charge in [-0.25, -0.2) is 19.6 Å². The number of esters is 2. The first-order valence-corrected chi connectivity index (χ1v) is 26.2. The van der Waals surface area contributed by atoms with E-state index >= 15 is 0 Å². The maximum absolute atomic E-state index is 12.1. The van der Waals surface area contributed by atoms with Gasteiger partial charge in [-0.1, -0.05) is 70.7 Å². The fourth-order valence-electron chi connectivity index (χ4n) is 6.72. The molecule has 4 aromatic rings. The lowest BCUT2D eigenvalue weighted by Gasteiger charge is -2.36. The standard InChI is InChI=1S/C22H32N2O5Si.C16H18N2O4.C6H15Si/c1-15-7-8-17(20(25)27-3)11-18(15)19-16(2)23-21(22(26)12-29-13-22)24(19)14-28-9-10-30(4,5)6;1-9-4-5-11(14(19)21-3)6-12(9)13-10(2)17-15(18-13)16(20)7-22-8-16;1-4-7(5-2)6-3/h7-8,11,26H,9-10,12-14H2,1-6H3;4-6,20H,7-8H2,1-3H3,(H,17,18);4-6H2,1-3H3. The molecule has 6 rings (SSSR count). The normalized spacial score (nSPS) is 15.2. The van der Waals surface area contributed by atoms with Gasteiger partial charge in [0.15, 0.2) is 11.2 Å². The molecule has 0 atom stereocenters. The summed E-state index contributed by atoms with van der Waals surface area (Å²) in [6.07, 6.45) is 0. The molecule has 2 aromatic heterocycles. The minimum absolute atomic E-state index is 0.137.